The van der Waals surface area contributed by atoms with Crippen molar-refractivity contribution in [2.75, 3.05) is 6.61 Å². The molecular formula is C22H14F2N2O3. The van der Waals surface area contributed by atoms with Crippen molar-refractivity contribution in [1.29, 1.82) is 5.41 Å². The maximum Gasteiger partial charge on any atom is 0.228 e. The van der Waals surface area contributed by atoms with Crippen LogP contribution < -0.4 is 19.1 Å². The Labute approximate surface area is 163 Å². The Hall–Kier alpha value is -3.74. The van der Waals surface area contributed by atoms with Crippen LogP contribution in [0.5, 0.6) is 17.2 Å². The van der Waals surface area contributed by atoms with Gasteiger partial charge < -0.3 is 20.0 Å². The van der Waals surface area contributed by atoms with Crippen LogP contribution in [0.1, 0.15) is 0 Å². The molecule has 1 N–H and O–H groups in total. The van der Waals surface area contributed by atoms with Gasteiger partial charge in [0.05, 0.1) is 22.4 Å². The zero-order valence-electron chi connectivity index (χ0n) is 15.3. The topological polar surface area (TPSA) is 69.2 Å². The summed E-state index contributed by atoms with van der Waals surface area (Å²) < 4.78 is 42.1. The van der Waals surface area contributed by atoms with Crippen LogP contribution in [-0.4, -0.2) is 12.5 Å². The molecular weight excluding hydrogens is 378 g/mol. The van der Waals surface area contributed by atoms with Gasteiger partial charge in [0.1, 0.15) is 42.5 Å². The maximum atomic E-state index is 15.1. The first-order valence-electron chi connectivity index (χ1n) is 8.87. The van der Waals surface area contributed by atoms with Gasteiger partial charge in [0.15, 0.2) is 0 Å². The maximum absolute atomic E-state index is 15.1. The summed E-state index contributed by atoms with van der Waals surface area (Å²) in [6, 6.07) is 12.4. The molecule has 0 aliphatic carbocycles. The molecule has 0 radical (unpaired) electrons. The standard InChI is InChI=1S/C22H14F2N2O3/c1-26-16-9-12(28-10-19(25)27)8-15(24)20(16)13-3-2-4-18-21(13)22(26)14-7-11(23)5-6-17(14)29-18/h2-9H,10H2,1H3,(H-,25,27). The van der Waals surface area contributed by atoms with Gasteiger partial charge in [0.2, 0.25) is 11.2 Å². The van der Waals surface area contributed by atoms with E-state index in [9.17, 15) is 9.50 Å². The molecule has 5 rings (SSSR count). The highest BCUT2D eigenvalue weighted by molar-refractivity contribution is 6.13. The van der Waals surface area contributed by atoms with Crippen LogP contribution in [0.15, 0.2) is 48.5 Å². The first-order valence-corrected chi connectivity index (χ1v) is 8.87. The molecule has 0 atom stereocenters. The van der Waals surface area contributed by atoms with Crippen LogP contribution >= 0.6 is 0 Å². The van der Waals surface area contributed by atoms with Gasteiger partial charge in [0.25, 0.3) is 0 Å². The Bertz CT molecular complexity index is 1350. The summed E-state index contributed by atoms with van der Waals surface area (Å²) in [7, 11) is 1.76. The molecule has 0 spiro atoms. The quantitative estimate of drug-likeness (QED) is 0.221. The molecule has 0 fully saturated rings. The van der Waals surface area contributed by atoms with Gasteiger partial charge in [-0.2, -0.15) is 4.57 Å². The second-order valence-electron chi connectivity index (χ2n) is 6.84. The van der Waals surface area contributed by atoms with Crippen molar-refractivity contribution in [3.8, 4) is 28.5 Å². The Morgan fingerprint density at radius 2 is 1.93 bits per heavy atom. The largest absolute Gasteiger partial charge is 0.860 e. The lowest BCUT2D eigenvalue weighted by Crippen LogP contribution is -2.33. The van der Waals surface area contributed by atoms with E-state index in [1.54, 1.807) is 41.9 Å². The normalized spacial score (nSPS) is 12.0. The number of hydrogen-bond donors (Lipinski definition) is 1. The summed E-state index contributed by atoms with van der Waals surface area (Å²) in [6.45, 7) is -0.471. The van der Waals surface area contributed by atoms with Gasteiger partial charge in [-0.3, -0.25) is 0 Å². The van der Waals surface area contributed by atoms with Crippen LogP contribution in [0, 0.1) is 17.0 Å². The minimum absolute atomic E-state index is 0.139. The number of hydrogen-bond acceptors (Lipinski definition) is 4. The van der Waals surface area contributed by atoms with E-state index in [1.807, 2.05) is 0 Å². The summed E-state index contributed by atoms with van der Waals surface area (Å²) in [5, 5.41) is 19.6. The van der Waals surface area contributed by atoms with E-state index in [-0.39, 0.29) is 5.75 Å². The summed E-state index contributed by atoms with van der Waals surface area (Å²) >= 11 is 0. The van der Waals surface area contributed by atoms with Gasteiger partial charge in [-0.25, -0.2) is 8.78 Å². The van der Waals surface area contributed by atoms with E-state index in [0.717, 1.165) is 0 Å². The smallest absolute Gasteiger partial charge is 0.228 e. The molecule has 0 saturated carbocycles. The number of ether oxygens (including phenoxy) is 2. The minimum Gasteiger partial charge on any atom is -0.860 e. The van der Waals surface area contributed by atoms with Gasteiger partial charge in [-0.15, -0.1) is 0 Å². The number of halogens is 2. The van der Waals surface area contributed by atoms with Gasteiger partial charge in [0, 0.05) is 11.5 Å². The number of pyridine rings is 1. The third-order valence-corrected chi connectivity index (χ3v) is 5.06. The third kappa shape index (κ3) is 2.58. The zero-order valence-corrected chi connectivity index (χ0v) is 15.3. The number of nitrogens with zero attached hydrogens (tertiary/aromatic N) is 1. The van der Waals surface area contributed by atoms with Gasteiger partial charge >= 0.3 is 0 Å². The lowest BCUT2D eigenvalue weighted by atomic mass is 9.96. The highest BCUT2D eigenvalue weighted by Crippen LogP contribution is 2.47. The Morgan fingerprint density at radius 1 is 1.10 bits per heavy atom. The summed E-state index contributed by atoms with van der Waals surface area (Å²) in [5.41, 5.74) is 1.76. The summed E-state index contributed by atoms with van der Waals surface area (Å²) in [4.78, 5) is 0. The molecule has 1 aliphatic rings. The van der Waals surface area contributed by atoms with Gasteiger partial charge in [-0.05, 0) is 30.2 Å². The van der Waals surface area contributed by atoms with Gasteiger partial charge in [-0.1, -0.05) is 12.1 Å². The molecule has 1 aromatic heterocycles. The lowest BCUT2D eigenvalue weighted by Gasteiger charge is -2.20. The molecule has 144 valence electrons. The molecule has 4 aromatic rings. The fourth-order valence-electron chi connectivity index (χ4n) is 3.90. The molecule has 1 aliphatic heterocycles. The average Bonchev–Trinajstić information content (AvgIpc) is 2.69. The molecule has 0 unspecified atom stereocenters. The molecule has 7 heteroatoms. The molecule has 2 heterocycles. The highest BCUT2D eigenvalue weighted by atomic mass is 19.1. The van der Waals surface area contributed by atoms with E-state index >= 15 is 4.39 Å². The van der Waals surface area contributed by atoms with Crippen LogP contribution in [-0.2, 0) is 7.05 Å². The number of rotatable bonds is 3. The number of aryl methyl sites for hydroxylation is 1. The highest BCUT2D eigenvalue weighted by Gasteiger charge is 2.31. The molecule has 0 saturated heterocycles. The summed E-state index contributed by atoms with van der Waals surface area (Å²) in [5.74, 6) is -0.630. The molecule has 0 bridgehead atoms. The van der Waals surface area contributed by atoms with Crippen molar-refractivity contribution in [3.63, 3.8) is 0 Å². The Balaban J connectivity index is 1.90. The first kappa shape index (κ1) is 17.4. The van der Waals surface area contributed by atoms with Crippen molar-refractivity contribution in [3.05, 3.63) is 60.2 Å². The molecule has 29 heavy (non-hydrogen) atoms. The van der Waals surface area contributed by atoms with Crippen molar-refractivity contribution in [2.45, 2.75) is 0 Å². The molecule has 3 aromatic carbocycles. The van der Waals surface area contributed by atoms with Crippen molar-refractivity contribution >= 4 is 27.6 Å². The van der Waals surface area contributed by atoms with Crippen LogP contribution in [0.4, 0.5) is 8.78 Å². The number of aromatic nitrogens is 1. The van der Waals surface area contributed by atoms with E-state index < -0.39 is 24.1 Å². The van der Waals surface area contributed by atoms with E-state index in [4.69, 9.17) is 14.9 Å². The van der Waals surface area contributed by atoms with Crippen molar-refractivity contribution < 1.29 is 27.9 Å². The van der Waals surface area contributed by atoms with E-state index in [2.05, 4.69) is 0 Å². The molecule has 5 nitrogen and oxygen atoms in total. The Morgan fingerprint density at radius 3 is 2.72 bits per heavy atom. The second kappa shape index (κ2) is 6.13. The van der Waals surface area contributed by atoms with Crippen molar-refractivity contribution in [2.24, 2.45) is 7.05 Å². The van der Waals surface area contributed by atoms with E-state index in [1.165, 1.54) is 18.2 Å². The summed E-state index contributed by atoms with van der Waals surface area (Å²) in [6.07, 6.45) is 0. The molecule has 0 amide bonds. The monoisotopic (exact) mass is 392 g/mol. The minimum atomic E-state index is -0.908. The number of benzene rings is 3. The fourth-order valence-corrected chi connectivity index (χ4v) is 3.90. The lowest BCUT2D eigenvalue weighted by molar-refractivity contribution is -0.632. The van der Waals surface area contributed by atoms with Crippen LogP contribution in [0.3, 0.4) is 0 Å². The predicted octanol–water partition coefficient (Wildman–Crippen LogP) is 3.58. The van der Waals surface area contributed by atoms with Crippen molar-refractivity contribution in [1.82, 2.24) is 0 Å². The zero-order chi connectivity index (χ0) is 20.3. The first-order chi connectivity index (χ1) is 13.9. The van der Waals surface area contributed by atoms with Crippen LogP contribution in [0.25, 0.3) is 32.9 Å². The Kier molecular flexibility index (Phi) is 3.67. The predicted molar refractivity (Wildman–Crippen MR) is 101 cm³/mol. The SMILES string of the molecule is C[n+]1c2c3c(cccc3c3c(F)cc(OCC(=N)[O-])cc31)Oc1ccc(F)cc1-2. The van der Waals surface area contributed by atoms with Crippen LogP contribution in [0.2, 0.25) is 0 Å². The van der Waals surface area contributed by atoms with E-state index in [0.29, 0.717) is 44.4 Å². The number of nitrogens with one attached hydrogen (secondary N) is 1. The second-order valence-corrected chi connectivity index (χ2v) is 6.84. The fraction of sp³-hybridized carbons (Fsp3) is 0.0909. The number of fused-ring (bicyclic) bond motifs is 4. The third-order valence-electron chi connectivity index (χ3n) is 5.06. The average molecular weight is 392 g/mol.